The van der Waals surface area contributed by atoms with Crippen molar-refractivity contribution >= 4 is 17.4 Å². The summed E-state index contributed by atoms with van der Waals surface area (Å²) in [7, 11) is 0. The van der Waals surface area contributed by atoms with Crippen molar-refractivity contribution in [2.75, 3.05) is 4.90 Å². The molecule has 0 radical (unpaired) electrons. The Labute approximate surface area is 87.7 Å². The highest BCUT2D eigenvalue weighted by molar-refractivity contribution is 6.20. The smallest absolute Gasteiger partial charge is 0.235 e. The van der Waals surface area contributed by atoms with Crippen LogP contribution >= 0.6 is 0 Å². The largest absolute Gasteiger partial charge is 0.308 e. The fourth-order valence-electron chi connectivity index (χ4n) is 2.58. The number of rotatable bonds is 0. The number of benzene rings is 1. The van der Waals surface area contributed by atoms with E-state index < -0.39 is 0 Å². The van der Waals surface area contributed by atoms with Crippen molar-refractivity contribution in [1.29, 1.82) is 0 Å². The number of para-hydroxylation sites is 1. The number of hydrogen-bond acceptors (Lipinski definition) is 2. The van der Waals surface area contributed by atoms with Gasteiger partial charge in [0.25, 0.3) is 0 Å². The van der Waals surface area contributed by atoms with Crippen molar-refractivity contribution in [2.45, 2.75) is 25.8 Å². The first-order valence-corrected chi connectivity index (χ1v) is 5.15. The Hall–Kier alpha value is -1.64. The van der Waals surface area contributed by atoms with Crippen LogP contribution in [0.15, 0.2) is 18.2 Å². The second-order valence-corrected chi connectivity index (χ2v) is 4.23. The fourth-order valence-corrected chi connectivity index (χ4v) is 2.58. The molecule has 0 N–H and O–H groups in total. The standard InChI is InChI=1S/C12H11NO2/c1-7-5-8-3-2-4-9-10(14)6-11(15)13(7)12(8)9/h2-4,7H,5-6H2,1H3/t7-/m0/s1. The van der Waals surface area contributed by atoms with Crippen LogP contribution < -0.4 is 4.90 Å². The molecule has 0 bridgehead atoms. The van der Waals surface area contributed by atoms with E-state index in [-0.39, 0.29) is 24.2 Å². The quantitative estimate of drug-likeness (QED) is 0.597. The Morgan fingerprint density at radius 1 is 1.33 bits per heavy atom. The third-order valence-electron chi connectivity index (χ3n) is 3.20. The maximum atomic E-state index is 11.7. The zero-order chi connectivity index (χ0) is 10.6. The number of nitrogens with zero attached hydrogens (tertiary/aromatic N) is 1. The highest BCUT2D eigenvalue weighted by Gasteiger charge is 2.38. The summed E-state index contributed by atoms with van der Waals surface area (Å²) < 4.78 is 0. The van der Waals surface area contributed by atoms with Crippen LogP contribution in [-0.2, 0) is 11.2 Å². The van der Waals surface area contributed by atoms with Gasteiger partial charge in [0, 0.05) is 11.6 Å². The average molecular weight is 201 g/mol. The molecule has 1 aromatic rings. The summed E-state index contributed by atoms with van der Waals surface area (Å²) in [5.74, 6) is -0.0906. The molecular formula is C12H11NO2. The van der Waals surface area contributed by atoms with Gasteiger partial charge >= 0.3 is 0 Å². The minimum atomic E-state index is -0.0510. The summed E-state index contributed by atoms with van der Waals surface area (Å²) in [5.41, 5.74) is 2.71. The average Bonchev–Trinajstić information content (AvgIpc) is 2.51. The molecule has 0 fully saturated rings. The Morgan fingerprint density at radius 3 is 2.93 bits per heavy atom. The van der Waals surface area contributed by atoms with Crippen LogP contribution in [-0.4, -0.2) is 17.7 Å². The van der Waals surface area contributed by atoms with E-state index in [0.29, 0.717) is 0 Å². The number of carbonyl (C=O) groups is 2. The summed E-state index contributed by atoms with van der Waals surface area (Å²) >= 11 is 0. The molecule has 76 valence electrons. The van der Waals surface area contributed by atoms with Crippen molar-refractivity contribution < 1.29 is 9.59 Å². The highest BCUT2D eigenvalue weighted by atomic mass is 16.2. The molecule has 1 amide bonds. The van der Waals surface area contributed by atoms with E-state index in [9.17, 15) is 9.59 Å². The van der Waals surface area contributed by atoms with Gasteiger partial charge in [-0.2, -0.15) is 0 Å². The lowest BCUT2D eigenvalue weighted by Crippen LogP contribution is -2.40. The van der Waals surface area contributed by atoms with Gasteiger partial charge in [-0.25, -0.2) is 0 Å². The van der Waals surface area contributed by atoms with Gasteiger partial charge in [-0.15, -0.1) is 0 Å². The molecule has 3 nitrogen and oxygen atoms in total. The Balaban J connectivity index is 2.29. The minimum absolute atomic E-state index is 0.0286. The second-order valence-electron chi connectivity index (χ2n) is 4.23. The van der Waals surface area contributed by atoms with Crippen LogP contribution in [0, 0.1) is 0 Å². The Kier molecular flexibility index (Phi) is 1.55. The number of hydrogen-bond donors (Lipinski definition) is 0. The van der Waals surface area contributed by atoms with Crippen molar-refractivity contribution in [3.8, 4) is 0 Å². The summed E-state index contributed by atoms with van der Waals surface area (Å²) in [4.78, 5) is 25.2. The lowest BCUT2D eigenvalue weighted by Gasteiger charge is -2.27. The van der Waals surface area contributed by atoms with Gasteiger partial charge in [0.2, 0.25) is 5.91 Å². The van der Waals surface area contributed by atoms with Crippen LogP contribution in [0.1, 0.15) is 29.3 Å². The highest BCUT2D eigenvalue weighted by Crippen LogP contribution is 2.39. The molecule has 3 heteroatoms. The molecule has 0 unspecified atom stereocenters. The zero-order valence-corrected chi connectivity index (χ0v) is 8.49. The van der Waals surface area contributed by atoms with Gasteiger partial charge in [-0.3, -0.25) is 9.59 Å². The second kappa shape index (κ2) is 2.69. The van der Waals surface area contributed by atoms with E-state index >= 15 is 0 Å². The molecule has 0 saturated carbocycles. The molecule has 1 atom stereocenters. The molecule has 0 aromatic heterocycles. The third kappa shape index (κ3) is 1.00. The first-order valence-electron chi connectivity index (χ1n) is 5.15. The molecule has 0 aliphatic carbocycles. The maximum Gasteiger partial charge on any atom is 0.235 e. The van der Waals surface area contributed by atoms with Gasteiger partial charge < -0.3 is 4.90 Å². The Morgan fingerprint density at radius 2 is 2.13 bits per heavy atom. The summed E-state index contributed by atoms with van der Waals surface area (Å²) in [6.45, 7) is 2.03. The van der Waals surface area contributed by atoms with Crippen LogP contribution in [0.4, 0.5) is 5.69 Å². The van der Waals surface area contributed by atoms with E-state index in [0.717, 1.165) is 23.2 Å². The number of carbonyl (C=O) groups excluding carboxylic acids is 2. The number of amides is 1. The summed E-state index contributed by atoms with van der Waals surface area (Å²) in [6.07, 6.45) is 0.892. The van der Waals surface area contributed by atoms with E-state index in [1.165, 1.54) is 0 Å². The van der Waals surface area contributed by atoms with E-state index in [4.69, 9.17) is 0 Å². The predicted molar refractivity (Wildman–Crippen MR) is 56.0 cm³/mol. The van der Waals surface area contributed by atoms with Crippen LogP contribution in [0.5, 0.6) is 0 Å². The molecule has 2 aliphatic heterocycles. The number of Topliss-reactive ketones (excluding diaryl/α,β-unsaturated/α-hetero) is 1. The first-order chi connectivity index (χ1) is 7.18. The van der Waals surface area contributed by atoms with Crippen molar-refractivity contribution in [3.63, 3.8) is 0 Å². The molecule has 3 rings (SSSR count). The zero-order valence-electron chi connectivity index (χ0n) is 8.49. The topological polar surface area (TPSA) is 37.4 Å². The molecule has 15 heavy (non-hydrogen) atoms. The van der Waals surface area contributed by atoms with E-state index in [1.54, 1.807) is 4.90 Å². The maximum absolute atomic E-state index is 11.7. The lowest BCUT2D eigenvalue weighted by molar-refractivity contribution is -0.118. The first kappa shape index (κ1) is 8.65. The Bertz CT molecular complexity index is 479. The minimum Gasteiger partial charge on any atom is -0.308 e. The molecule has 2 heterocycles. The normalized spacial score (nSPS) is 23.3. The van der Waals surface area contributed by atoms with Crippen LogP contribution in [0.2, 0.25) is 0 Å². The van der Waals surface area contributed by atoms with E-state index in [1.807, 2.05) is 25.1 Å². The van der Waals surface area contributed by atoms with Crippen LogP contribution in [0.3, 0.4) is 0 Å². The van der Waals surface area contributed by atoms with Gasteiger partial charge in [0.05, 0.1) is 12.1 Å². The summed E-state index contributed by atoms with van der Waals surface area (Å²) in [6, 6.07) is 5.92. The van der Waals surface area contributed by atoms with E-state index in [2.05, 4.69) is 0 Å². The molecule has 1 aromatic carbocycles. The third-order valence-corrected chi connectivity index (χ3v) is 3.20. The fraction of sp³-hybridized carbons (Fsp3) is 0.333. The molecular weight excluding hydrogens is 190 g/mol. The van der Waals surface area contributed by atoms with Gasteiger partial charge in [0.1, 0.15) is 0 Å². The van der Waals surface area contributed by atoms with Crippen LogP contribution in [0.25, 0.3) is 0 Å². The van der Waals surface area contributed by atoms with Crippen molar-refractivity contribution in [3.05, 3.63) is 29.3 Å². The van der Waals surface area contributed by atoms with Gasteiger partial charge in [-0.05, 0) is 25.0 Å². The lowest BCUT2D eigenvalue weighted by atomic mass is 9.99. The number of anilines is 1. The van der Waals surface area contributed by atoms with Crippen molar-refractivity contribution in [2.24, 2.45) is 0 Å². The van der Waals surface area contributed by atoms with Crippen molar-refractivity contribution in [1.82, 2.24) is 0 Å². The molecule has 0 spiro atoms. The SMILES string of the molecule is C[C@H]1Cc2cccc3c2N1C(=O)CC3=O. The molecule has 2 aliphatic rings. The molecule has 0 saturated heterocycles. The van der Waals surface area contributed by atoms with Gasteiger partial charge in [0.15, 0.2) is 5.78 Å². The van der Waals surface area contributed by atoms with Gasteiger partial charge in [-0.1, -0.05) is 12.1 Å². The monoisotopic (exact) mass is 201 g/mol. The number of ketones is 1. The predicted octanol–water partition coefficient (Wildman–Crippen LogP) is 1.55. The summed E-state index contributed by atoms with van der Waals surface area (Å²) in [5, 5.41) is 0.